The van der Waals surface area contributed by atoms with Crippen LogP contribution in [0.1, 0.15) is 5.56 Å². The van der Waals surface area contributed by atoms with Crippen molar-refractivity contribution in [1.29, 1.82) is 5.26 Å². The Balaban J connectivity index is 1.12. The molecule has 12 rings (SSSR count). The largest absolute Gasteiger partial charge is 0.294 e. The molecule has 0 aliphatic carbocycles. The van der Waals surface area contributed by atoms with E-state index in [0.717, 1.165) is 44.4 Å². The molecular formula is C57H34N4. The van der Waals surface area contributed by atoms with Crippen molar-refractivity contribution in [1.82, 2.24) is 9.97 Å². The van der Waals surface area contributed by atoms with Crippen LogP contribution in [0.5, 0.6) is 0 Å². The summed E-state index contributed by atoms with van der Waals surface area (Å²) in [5.41, 5.74) is 6.83. The lowest BCUT2D eigenvalue weighted by Gasteiger charge is -2.26. The first kappa shape index (κ1) is 34.6. The highest BCUT2D eigenvalue weighted by atomic mass is 15.2. The van der Waals surface area contributed by atoms with Gasteiger partial charge in [-0.15, -0.1) is 0 Å². The molecule has 0 N–H and O–H groups in total. The number of benzene rings is 11. The van der Waals surface area contributed by atoms with Gasteiger partial charge in [-0.2, -0.15) is 5.26 Å². The molecule has 61 heavy (non-hydrogen) atoms. The lowest BCUT2D eigenvalue weighted by atomic mass is 9.90. The summed E-state index contributed by atoms with van der Waals surface area (Å²) in [5, 5.41) is 27.1. The van der Waals surface area contributed by atoms with Gasteiger partial charge >= 0.3 is 0 Å². The van der Waals surface area contributed by atoms with E-state index in [9.17, 15) is 5.26 Å². The zero-order valence-corrected chi connectivity index (χ0v) is 32.9. The Morgan fingerprint density at radius 1 is 0.377 bits per heavy atom. The van der Waals surface area contributed by atoms with Crippen molar-refractivity contribution in [3.05, 3.63) is 212 Å². The molecule has 4 nitrogen and oxygen atoms in total. The molecule has 0 radical (unpaired) electrons. The monoisotopic (exact) mass is 774 g/mol. The molecule has 11 aromatic carbocycles. The number of rotatable bonds is 5. The van der Waals surface area contributed by atoms with E-state index < -0.39 is 0 Å². The Kier molecular flexibility index (Phi) is 7.88. The minimum atomic E-state index is 0.574. The van der Waals surface area contributed by atoms with Crippen LogP contribution in [0.25, 0.3) is 97.7 Å². The van der Waals surface area contributed by atoms with E-state index in [1.165, 1.54) is 64.6 Å². The third-order valence-corrected chi connectivity index (χ3v) is 12.4. The third-order valence-electron chi connectivity index (χ3n) is 12.4. The third kappa shape index (κ3) is 5.60. The van der Waals surface area contributed by atoms with Crippen LogP contribution in [0, 0.1) is 11.3 Å². The Morgan fingerprint density at radius 2 is 0.836 bits per heavy atom. The molecule has 0 aliphatic heterocycles. The van der Waals surface area contributed by atoms with Crippen LogP contribution in [0.15, 0.2) is 207 Å². The molecule has 0 saturated heterocycles. The smallest absolute Gasteiger partial charge is 0.140 e. The van der Waals surface area contributed by atoms with Gasteiger partial charge in [0.2, 0.25) is 0 Å². The average molecular weight is 775 g/mol. The molecular weight excluding hydrogens is 741 g/mol. The molecule has 0 saturated carbocycles. The summed E-state index contributed by atoms with van der Waals surface area (Å²) >= 11 is 0. The van der Waals surface area contributed by atoms with E-state index >= 15 is 0 Å². The maximum Gasteiger partial charge on any atom is 0.140 e. The van der Waals surface area contributed by atoms with Crippen molar-refractivity contribution in [2.45, 2.75) is 0 Å². The van der Waals surface area contributed by atoms with Crippen molar-refractivity contribution < 1.29 is 0 Å². The Morgan fingerprint density at radius 3 is 1.34 bits per heavy atom. The maximum absolute atomic E-state index is 10.00. The fourth-order valence-corrected chi connectivity index (χ4v) is 9.58. The summed E-state index contributed by atoms with van der Waals surface area (Å²) in [5.74, 6) is 0.706. The topological polar surface area (TPSA) is 52.8 Å². The number of aromatic nitrogens is 2. The van der Waals surface area contributed by atoms with E-state index in [2.05, 4.69) is 180 Å². The fourth-order valence-electron chi connectivity index (χ4n) is 9.58. The van der Waals surface area contributed by atoms with Crippen LogP contribution in [-0.2, 0) is 0 Å². The SMILES string of the molecule is N#Cc1cccc(N(c2ccncn2)c2cc(-c3ccc4c5ccccc5c5ccccc5c4c3)cc3cc(-c4ccc5c6ccccc6c6ccccc6c5c4)ccc23)c1. The van der Waals surface area contributed by atoms with E-state index in [-0.39, 0.29) is 0 Å². The summed E-state index contributed by atoms with van der Waals surface area (Å²) in [6.45, 7) is 0. The summed E-state index contributed by atoms with van der Waals surface area (Å²) in [6, 6.07) is 72.0. The normalized spacial score (nSPS) is 11.6. The van der Waals surface area contributed by atoms with E-state index in [0.29, 0.717) is 11.4 Å². The van der Waals surface area contributed by atoms with Gasteiger partial charge in [0.05, 0.1) is 17.3 Å². The van der Waals surface area contributed by atoms with Gasteiger partial charge in [-0.25, -0.2) is 9.97 Å². The summed E-state index contributed by atoms with van der Waals surface area (Å²) < 4.78 is 0. The minimum absolute atomic E-state index is 0.574. The Labute approximate surface area is 351 Å². The highest BCUT2D eigenvalue weighted by Gasteiger charge is 2.20. The maximum atomic E-state index is 10.00. The summed E-state index contributed by atoms with van der Waals surface area (Å²) in [4.78, 5) is 11.2. The fraction of sp³-hybridized carbons (Fsp3) is 0. The van der Waals surface area contributed by atoms with Crippen LogP contribution >= 0.6 is 0 Å². The first-order valence-electron chi connectivity index (χ1n) is 20.5. The molecule has 0 fully saturated rings. The molecule has 0 amide bonds. The van der Waals surface area contributed by atoms with Crippen LogP contribution < -0.4 is 4.90 Å². The first-order chi connectivity index (χ1) is 30.2. The Hall–Kier alpha value is -8.39. The molecule has 1 aromatic heterocycles. The van der Waals surface area contributed by atoms with Gasteiger partial charge < -0.3 is 0 Å². The predicted octanol–water partition coefficient (Wildman–Crippen LogP) is 15.2. The molecule has 4 heteroatoms. The number of anilines is 3. The molecule has 0 unspecified atom stereocenters. The quantitative estimate of drug-likeness (QED) is 0.163. The molecule has 1 heterocycles. The van der Waals surface area contributed by atoms with Gasteiger partial charge in [0.15, 0.2) is 0 Å². The van der Waals surface area contributed by atoms with Crippen molar-refractivity contribution in [2.24, 2.45) is 0 Å². The van der Waals surface area contributed by atoms with Gasteiger partial charge in [0, 0.05) is 17.3 Å². The average Bonchev–Trinajstić information content (AvgIpc) is 3.34. The summed E-state index contributed by atoms with van der Waals surface area (Å²) in [6.07, 6.45) is 3.34. The molecule has 0 spiro atoms. The lowest BCUT2D eigenvalue weighted by Crippen LogP contribution is -2.12. The zero-order valence-electron chi connectivity index (χ0n) is 32.9. The zero-order chi connectivity index (χ0) is 40.4. The van der Waals surface area contributed by atoms with Gasteiger partial charge in [-0.1, -0.05) is 140 Å². The predicted molar refractivity (Wildman–Crippen MR) is 255 cm³/mol. The van der Waals surface area contributed by atoms with Gasteiger partial charge in [0.25, 0.3) is 0 Å². The second-order valence-electron chi connectivity index (χ2n) is 15.7. The van der Waals surface area contributed by atoms with Crippen molar-refractivity contribution in [3.8, 4) is 28.3 Å². The highest BCUT2D eigenvalue weighted by molar-refractivity contribution is 6.27. The van der Waals surface area contributed by atoms with Crippen molar-refractivity contribution in [2.75, 3.05) is 4.90 Å². The van der Waals surface area contributed by atoms with Crippen LogP contribution in [-0.4, -0.2) is 9.97 Å². The van der Waals surface area contributed by atoms with Gasteiger partial charge in [-0.05, 0) is 147 Å². The van der Waals surface area contributed by atoms with Crippen LogP contribution in [0.3, 0.4) is 0 Å². The van der Waals surface area contributed by atoms with Crippen molar-refractivity contribution in [3.63, 3.8) is 0 Å². The number of nitrogens with zero attached hydrogens (tertiary/aromatic N) is 4. The number of fused-ring (bicyclic) bond motifs is 13. The number of nitriles is 1. The van der Waals surface area contributed by atoms with Crippen molar-refractivity contribution >= 4 is 92.6 Å². The van der Waals surface area contributed by atoms with Crippen LogP contribution in [0.2, 0.25) is 0 Å². The second-order valence-corrected chi connectivity index (χ2v) is 15.7. The minimum Gasteiger partial charge on any atom is -0.294 e. The first-order valence-corrected chi connectivity index (χ1v) is 20.5. The van der Waals surface area contributed by atoms with E-state index in [4.69, 9.17) is 4.98 Å². The van der Waals surface area contributed by atoms with Gasteiger partial charge in [-0.3, -0.25) is 4.90 Å². The molecule has 0 aliphatic rings. The molecule has 0 atom stereocenters. The van der Waals surface area contributed by atoms with Gasteiger partial charge in [0.1, 0.15) is 12.1 Å². The Bertz CT molecular complexity index is 3720. The molecule has 282 valence electrons. The number of hydrogen-bond acceptors (Lipinski definition) is 4. The highest BCUT2D eigenvalue weighted by Crippen LogP contribution is 2.44. The second kappa shape index (κ2) is 13.9. The van der Waals surface area contributed by atoms with E-state index in [1.54, 1.807) is 12.5 Å². The summed E-state index contributed by atoms with van der Waals surface area (Å²) in [7, 11) is 0. The lowest BCUT2D eigenvalue weighted by molar-refractivity contribution is 1.11. The number of hydrogen-bond donors (Lipinski definition) is 0. The molecule has 12 aromatic rings. The van der Waals surface area contributed by atoms with Crippen LogP contribution in [0.4, 0.5) is 17.2 Å². The van der Waals surface area contributed by atoms with E-state index in [1.807, 2.05) is 30.3 Å². The molecule has 0 bridgehead atoms. The standard InChI is InChI=1S/C57H34N4/c58-34-36-10-9-11-42(28-36)61(57-26-27-59-35-60-57)56-33-40(39-22-25-53-49-17-4-2-13-45(49)47-15-6-8-19-51(47)55(53)32-39)30-41-29-37(20-23-43(41)56)38-21-24-52-48-16-3-1-12-44(48)46-14-5-7-18-50(46)54(52)31-38/h1-33,35H.